The van der Waals surface area contributed by atoms with Gasteiger partial charge in [-0.1, -0.05) is 48.0 Å². The summed E-state index contributed by atoms with van der Waals surface area (Å²) in [6, 6.07) is 14.9. The van der Waals surface area contributed by atoms with Crippen molar-refractivity contribution in [1.82, 2.24) is 4.90 Å². The Morgan fingerprint density at radius 3 is 2.16 bits per heavy atom. The molecule has 5 heteroatoms. The molecule has 2 aromatic rings. The average Bonchev–Trinajstić information content (AvgIpc) is 3.58. The van der Waals surface area contributed by atoms with Crippen LogP contribution < -0.4 is 4.90 Å². The Morgan fingerprint density at radius 2 is 1.56 bits per heavy atom. The summed E-state index contributed by atoms with van der Waals surface area (Å²) in [7, 11) is 0. The third-order valence-corrected chi connectivity index (χ3v) is 7.95. The molecule has 162 valence electrons. The van der Waals surface area contributed by atoms with Crippen LogP contribution in [0.15, 0.2) is 60.7 Å². The van der Waals surface area contributed by atoms with Crippen LogP contribution in [0.5, 0.6) is 0 Å². The van der Waals surface area contributed by atoms with Crippen molar-refractivity contribution < 1.29 is 14.4 Å². The molecule has 1 heterocycles. The summed E-state index contributed by atoms with van der Waals surface area (Å²) in [4.78, 5) is 43.5. The molecule has 2 bridgehead atoms. The second-order valence-corrected chi connectivity index (χ2v) is 9.79. The van der Waals surface area contributed by atoms with E-state index in [1.165, 1.54) is 4.90 Å². The maximum atomic E-state index is 13.6. The molecule has 1 aliphatic heterocycles. The zero-order valence-electron chi connectivity index (χ0n) is 18.3. The fourth-order valence-corrected chi connectivity index (χ4v) is 6.39. The molecule has 0 N–H and O–H groups in total. The molecule has 0 radical (unpaired) electrons. The second kappa shape index (κ2) is 6.89. The van der Waals surface area contributed by atoms with Gasteiger partial charge >= 0.3 is 0 Å². The Hall–Kier alpha value is -3.21. The first-order valence-electron chi connectivity index (χ1n) is 11.4. The third kappa shape index (κ3) is 2.73. The maximum absolute atomic E-state index is 13.6. The lowest BCUT2D eigenvalue weighted by Crippen LogP contribution is -2.45. The predicted molar refractivity (Wildman–Crippen MR) is 121 cm³/mol. The van der Waals surface area contributed by atoms with Gasteiger partial charge in [0.2, 0.25) is 11.8 Å². The number of imide groups is 1. The van der Waals surface area contributed by atoms with E-state index in [-0.39, 0.29) is 48.1 Å². The van der Waals surface area contributed by atoms with Crippen LogP contribution in [0.2, 0.25) is 0 Å². The van der Waals surface area contributed by atoms with Gasteiger partial charge < -0.3 is 0 Å². The quantitative estimate of drug-likeness (QED) is 0.549. The number of hydrogen-bond acceptors (Lipinski definition) is 3. The number of anilines is 1. The summed E-state index contributed by atoms with van der Waals surface area (Å²) < 4.78 is 0. The van der Waals surface area contributed by atoms with Crippen molar-refractivity contribution in [3.05, 3.63) is 77.4 Å². The summed E-state index contributed by atoms with van der Waals surface area (Å²) in [6.07, 6.45) is 5.48. The molecule has 1 saturated heterocycles. The SMILES string of the molecule is Cc1ccc(N(CN2C(=O)C3C4C=CC(C5CC45)C3C2=O)C(=O)c2ccccc2)c(C)c1. The van der Waals surface area contributed by atoms with Gasteiger partial charge in [-0.05, 0) is 67.7 Å². The number of carbonyl (C=O) groups excluding carboxylic acids is 3. The molecule has 5 aliphatic rings. The lowest BCUT2D eigenvalue weighted by atomic mass is 9.63. The van der Waals surface area contributed by atoms with Gasteiger partial charge in [-0.3, -0.25) is 24.2 Å². The van der Waals surface area contributed by atoms with Gasteiger partial charge in [-0.2, -0.15) is 0 Å². The van der Waals surface area contributed by atoms with Crippen LogP contribution in [0.3, 0.4) is 0 Å². The van der Waals surface area contributed by atoms with Crippen molar-refractivity contribution in [1.29, 1.82) is 0 Å². The summed E-state index contributed by atoms with van der Waals surface area (Å²) in [6.45, 7) is 3.92. The first kappa shape index (κ1) is 19.5. The van der Waals surface area contributed by atoms with Gasteiger partial charge in [0.05, 0.1) is 11.8 Å². The van der Waals surface area contributed by atoms with E-state index in [0.29, 0.717) is 17.4 Å². The standard InChI is InChI=1S/C27H26N2O3/c1-15-8-11-22(16(2)12-15)28(25(30)17-6-4-3-5-7-17)14-29-26(31)23-18-9-10-19(21-13-20(18)21)24(23)27(29)32/h3-12,18-21,23-24H,13-14H2,1-2H3. The van der Waals surface area contributed by atoms with Gasteiger partial charge in [0.1, 0.15) is 6.67 Å². The van der Waals surface area contributed by atoms with Crippen molar-refractivity contribution in [3.8, 4) is 0 Å². The number of nitrogens with zero attached hydrogens (tertiary/aromatic N) is 2. The molecular weight excluding hydrogens is 400 g/mol. The van der Waals surface area contributed by atoms with Crippen LogP contribution in [0.4, 0.5) is 5.69 Å². The van der Waals surface area contributed by atoms with Crippen molar-refractivity contribution in [2.45, 2.75) is 20.3 Å². The van der Waals surface area contributed by atoms with Crippen molar-refractivity contribution in [2.24, 2.45) is 35.5 Å². The Kier molecular flexibility index (Phi) is 4.19. The highest BCUT2D eigenvalue weighted by atomic mass is 16.2. The number of benzene rings is 2. The summed E-state index contributed by atoms with van der Waals surface area (Å²) in [5, 5.41) is 0. The molecule has 3 amide bonds. The van der Waals surface area contributed by atoms with E-state index in [1.807, 2.05) is 50.2 Å². The van der Waals surface area contributed by atoms with Gasteiger partial charge in [-0.15, -0.1) is 0 Å². The Bertz CT molecular complexity index is 1130. The molecule has 6 unspecified atom stereocenters. The van der Waals surface area contributed by atoms with Crippen LogP contribution in [0.1, 0.15) is 27.9 Å². The fourth-order valence-electron chi connectivity index (χ4n) is 6.39. The normalized spacial score (nSPS) is 31.5. The zero-order chi connectivity index (χ0) is 22.1. The molecule has 3 fully saturated rings. The number of amides is 3. The lowest BCUT2D eigenvalue weighted by molar-refractivity contribution is -0.140. The molecule has 2 aromatic carbocycles. The predicted octanol–water partition coefficient (Wildman–Crippen LogP) is 3.96. The number of carbonyl (C=O) groups is 3. The lowest BCUT2D eigenvalue weighted by Gasteiger charge is -2.37. The first-order valence-corrected chi connectivity index (χ1v) is 11.4. The molecule has 0 aromatic heterocycles. The summed E-state index contributed by atoms with van der Waals surface area (Å²) >= 11 is 0. The highest BCUT2D eigenvalue weighted by Crippen LogP contribution is 2.65. The fraction of sp³-hybridized carbons (Fsp3) is 0.370. The number of likely N-dealkylation sites (tertiary alicyclic amines) is 1. The van der Waals surface area contributed by atoms with Crippen LogP contribution in [-0.4, -0.2) is 29.3 Å². The van der Waals surface area contributed by atoms with E-state index in [9.17, 15) is 14.4 Å². The van der Waals surface area contributed by atoms with Gasteiger partial charge in [-0.25, -0.2) is 0 Å². The van der Waals surface area contributed by atoms with Gasteiger partial charge in [0, 0.05) is 11.3 Å². The average molecular weight is 427 g/mol. The summed E-state index contributed by atoms with van der Waals surface area (Å²) in [5.74, 6) is 0.529. The van der Waals surface area contributed by atoms with Crippen LogP contribution in [0, 0.1) is 49.4 Å². The first-order chi connectivity index (χ1) is 15.5. The van der Waals surface area contributed by atoms with Crippen molar-refractivity contribution >= 4 is 23.4 Å². The monoisotopic (exact) mass is 426 g/mol. The van der Waals surface area contributed by atoms with E-state index >= 15 is 0 Å². The van der Waals surface area contributed by atoms with E-state index in [4.69, 9.17) is 0 Å². The van der Waals surface area contributed by atoms with E-state index in [0.717, 1.165) is 23.2 Å². The Morgan fingerprint density at radius 1 is 0.938 bits per heavy atom. The van der Waals surface area contributed by atoms with Crippen molar-refractivity contribution in [2.75, 3.05) is 11.6 Å². The molecule has 32 heavy (non-hydrogen) atoms. The topological polar surface area (TPSA) is 57.7 Å². The van der Waals surface area contributed by atoms with Gasteiger partial charge in [0.25, 0.3) is 5.91 Å². The van der Waals surface area contributed by atoms with Gasteiger partial charge in [0.15, 0.2) is 0 Å². The van der Waals surface area contributed by atoms with E-state index < -0.39 is 0 Å². The molecule has 2 saturated carbocycles. The largest absolute Gasteiger partial charge is 0.289 e. The molecular formula is C27H26N2O3. The molecule has 7 rings (SSSR count). The second-order valence-electron chi connectivity index (χ2n) is 9.79. The number of allylic oxidation sites excluding steroid dienone is 2. The summed E-state index contributed by atoms with van der Waals surface area (Å²) in [5.41, 5.74) is 3.30. The number of rotatable bonds is 4. The van der Waals surface area contributed by atoms with Crippen LogP contribution in [0.25, 0.3) is 0 Å². The Labute approximate surface area is 187 Å². The maximum Gasteiger partial charge on any atom is 0.259 e. The molecule has 5 nitrogen and oxygen atoms in total. The molecule has 4 aliphatic carbocycles. The van der Waals surface area contributed by atoms with Crippen molar-refractivity contribution in [3.63, 3.8) is 0 Å². The zero-order valence-corrected chi connectivity index (χ0v) is 18.3. The van der Waals surface area contributed by atoms with E-state index in [2.05, 4.69) is 12.2 Å². The Balaban J connectivity index is 1.36. The van der Waals surface area contributed by atoms with E-state index in [1.54, 1.807) is 17.0 Å². The number of hydrogen-bond donors (Lipinski definition) is 0. The smallest absolute Gasteiger partial charge is 0.259 e. The minimum atomic E-state index is -0.256. The van der Waals surface area contributed by atoms with Crippen LogP contribution >= 0.6 is 0 Å². The molecule has 0 spiro atoms. The minimum absolute atomic E-state index is 0.0446. The minimum Gasteiger partial charge on any atom is -0.289 e. The third-order valence-electron chi connectivity index (χ3n) is 7.95. The highest BCUT2D eigenvalue weighted by Gasteiger charge is 2.67. The number of aryl methyl sites for hydroxylation is 2. The van der Waals surface area contributed by atoms with Crippen LogP contribution in [-0.2, 0) is 9.59 Å². The highest BCUT2D eigenvalue weighted by molar-refractivity contribution is 6.10. The molecule has 6 atom stereocenters.